The van der Waals surface area contributed by atoms with Crippen LogP contribution in [0.1, 0.15) is 18.9 Å². The van der Waals surface area contributed by atoms with E-state index in [0.29, 0.717) is 13.1 Å². The normalized spacial score (nSPS) is 23.1. The van der Waals surface area contributed by atoms with Crippen LogP contribution in [-0.4, -0.2) is 35.1 Å². The molecule has 1 fully saturated rings. The first-order valence-electron chi connectivity index (χ1n) is 6.21. The van der Waals surface area contributed by atoms with E-state index in [4.69, 9.17) is 0 Å². The molecule has 1 amide bonds. The smallest absolute Gasteiger partial charge is 0.298 e. The Balaban J connectivity index is 1.99. The molecule has 0 aromatic heterocycles. The lowest BCUT2D eigenvalue weighted by Crippen LogP contribution is -2.45. The van der Waals surface area contributed by atoms with Crippen molar-refractivity contribution in [1.82, 2.24) is 4.90 Å². The van der Waals surface area contributed by atoms with E-state index < -0.39 is 6.10 Å². The average Bonchev–Trinajstić information content (AvgIpc) is 2.40. The summed E-state index contributed by atoms with van der Waals surface area (Å²) in [5.41, 5.74) is 0.830. The summed E-state index contributed by atoms with van der Waals surface area (Å²) in [5, 5.41) is 9.74. The molecule has 1 aromatic rings. The van der Waals surface area contributed by atoms with Gasteiger partial charge < -0.3 is 10.0 Å². The molecule has 2 rings (SSSR count). The van der Waals surface area contributed by atoms with Gasteiger partial charge in [0.2, 0.25) is 0 Å². The lowest BCUT2D eigenvalue weighted by atomic mass is 9.96. The molecule has 2 atom stereocenters. The third-order valence-electron chi connectivity index (χ3n) is 3.29. The molecule has 3 heteroatoms. The highest BCUT2D eigenvalue weighted by molar-refractivity contribution is 5.94. The van der Waals surface area contributed by atoms with Crippen molar-refractivity contribution >= 4 is 5.91 Å². The molecule has 18 heavy (non-hydrogen) atoms. The van der Waals surface area contributed by atoms with Gasteiger partial charge in [0.15, 0.2) is 0 Å². The number of hydrogen-bond acceptors (Lipinski definition) is 2. The monoisotopic (exact) mass is 243 g/mol. The molecule has 1 aromatic carbocycles. The number of piperidine rings is 1. The van der Waals surface area contributed by atoms with Crippen molar-refractivity contribution < 1.29 is 9.90 Å². The molecule has 3 nitrogen and oxygen atoms in total. The van der Waals surface area contributed by atoms with Crippen LogP contribution in [0, 0.1) is 17.8 Å². The summed E-state index contributed by atoms with van der Waals surface area (Å²) >= 11 is 0. The maximum absolute atomic E-state index is 11.9. The van der Waals surface area contributed by atoms with Crippen LogP contribution < -0.4 is 0 Å². The van der Waals surface area contributed by atoms with Crippen LogP contribution in [0.4, 0.5) is 0 Å². The topological polar surface area (TPSA) is 40.5 Å². The molecule has 0 saturated carbocycles. The third kappa shape index (κ3) is 3.12. The molecule has 0 radical (unpaired) electrons. The number of amides is 1. The molecule has 2 unspecified atom stereocenters. The van der Waals surface area contributed by atoms with Gasteiger partial charge in [-0.1, -0.05) is 31.0 Å². The van der Waals surface area contributed by atoms with Gasteiger partial charge in [0.25, 0.3) is 5.91 Å². The second kappa shape index (κ2) is 5.70. The highest BCUT2D eigenvalue weighted by atomic mass is 16.3. The Hall–Kier alpha value is -1.79. The Morgan fingerprint density at radius 2 is 2.11 bits per heavy atom. The molecular formula is C15H17NO2. The minimum Gasteiger partial charge on any atom is -0.391 e. The van der Waals surface area contributed by atoms with Gasteiger partial charge in [-0.25, -0.2) is 0 Å². The van der Waals surface area contributed by atoms with Gasteiger partial charge in [-0.05, 0) is 24.5 Å². The van der Waals surface area contributed by atoms with Crippen LogP contribution in [0.5, 0.6) is 0 Å². The lowest BCUT2D eigenvalue weighted by molar-refractivity contribution is -0.129. The average molecular weight is 243 g/mol. The summed E-state index contributed by atoms with van der Waals surface area (Å²) in [6, 6.07) is 9.43. The number of nitrogens with zero attached hydrogens (tertiary/aromatic N) is 1. The molecular weight excluding hydrogens is 226 g/mol. The van der Waals surface area contributed by atoms with Crippen LogP contribution in [0.3, 0.4) is 0 Å². The number of β-amino-alcohol motifs (C(OH)–C–C–N with tert-alkyl or cyclic N) is 1. The molecule has 1 aliphatic rings. The highest BCUT2D eigenvalue weighted by Crippen LogP contribution is 2.16. The van der Waals surface area contributed by atoms with Gasteiger partial charge in [0, 0.05) is 24.6 Å². The van der Waals surface area contributed by atoms with E-state index in [1.54, 1.807) is 4.90 Å². The van der Waals surface area contributed by atoms with Gasteiger partial charge in [-0.15, -0.1) is 0 Å². The standard InChI is InChI=1S/C15H17NO2/c1-12-9-10-16(11-14(12)17)15(18)8-7-13-5-3-2-4-6-13/h2-6,12,14,17H,9-11H2,1H3. The highest BCUT2D eigenvalue weighted by Gasteiger charge is 2.26. The predicted molar refractivity (Wildman–Crippen MR) is 69.7 cm³/mol. The van der Waals surface area contributed by atoms with E-state index >= 15 is 0 Å². The first-order chi connectivity index (χ1) is 8.66. The molecule has 1 aliphatic heterocycles. The molecule has 0 spiro atoms. The zero-order chi connectivity index (χ0) is 13.0. The third-order valence-corrected chi connectivity index (χ3v) is 3.29. The fourth-order valence-corrected chi connectivity index (χ4v) is 1.96. The van der Waals surface area contributed by atoms with Crippen molar-refractivity contribution in [3.63, 3.8) is 0 Å². The predicted octanol–water partition coefficient (Wildman–Crippen LogP) is 1.27. The number of rotatable bonds is 0. The molecule has 0 aliphatic carbocycles. The van der Waals surface area contributed by atoms with Gasteiger partial charge >= 0.3 is 0 Å². The number of likely N-dealkylation sites (tertiary alicyclic amines) is 1. The van der Waals surface area contributed by atoms with Crippen molar-refractivity contribution in [2.75, 3.05) is 13.1 Å². The van der Waals surface area contributed by atoms with Gasteiger partial charge in [0.1, 0.15) is 0 Å². The van der Waals surface area contributed by atoms with Gasteiger partial charge in [0.05, 0.1) is 6.10 Å². The Morgan fingerprint density at radius 1 is 1.39 bits per heavy atom. The van der Waals surface area contributed by atoms with Gasteiger partial charge in [-0.2, -0.15) is 0 Å². The summed E-state index contributed by atoms with van der Waals surface area (Å²) < 4.78 is 0. The summed E-state index contributed by atoms with van der Waals surface area (Å²) in [6.07, 6.45) is 0.404. The molecule has 0 bridgehead atoms. The lowest BCUT2D eigenvalue weighted by Gasteiger charge is -2.32. The van der Waals surface area contributed by atoms with E-state index in [2.05, 4.69) is 11.8 Å². The van der Waals surface area contributed by atoms with Crippen LogP contribution in [-0.2, 0) is 4.79 Å². The van der Waals surface area contributed by atoms with Crippen molar-refractivity contribution in [2.24, 2.45) is 5.92 Å². The summed E-state index contributed by atoms with van der Waals surface area (Å²) in [5.74, 6) is 5.53. The minimum atomic E-state index is -0.429. The van der Waals surface area contributed by atoms with Crippen molar-refractivity contribution in [2.45, 2.75) is 19.4 Å². The zero-order valence-electron chi connectivity index (χ0n) is 10.5. The van der Waals surface area contributed by atoms with Crippen molar-refractivity contribution in [3.8, 4) is 11.8 Å². The fraction of sp³-hybridized carbons (Fsp3) is 0.400. The summed E-state index contributed by atoms with van der Waals surface area (Å²) in [6.45, 7) is 3.08. The molecule has 94 valence electrons. The van der Waals surface area contributed by atoms with E-state index in [-0.39, 0.29) is 11.8 Å². The number of carbonyl (C=O) groups excluding carboxylic acids is 1. The Labute approximate surface area is 107 Å². The Kier molecular flexibility index (Phi) is 4.01. The van der Waals surface area contributed by atoms with E-state index in [1.807, 2.05) is 37.3 Å². The first-order valence-corrected chi connectivity index (χ1v) is 6.21. The van der Waals surface area contributed by atoms with E-state index in [1.165, 1.54) is 0 Å². The van der Waals surface area contributed by atoms with Crippen LogP contribution in [0.25, 0.3) is 0 Å². The molecule has 1 saturated heterocycles. The minimum absolute atomic E-state index is 0.204. The number of aliphatic hydroxyl groups excluding tert-OH is 1. The second-order valence-electron chi connectivity index (χ2n) is 4.70. The SMILES string of the molecule is CC1CCN(C(=O)C#Cc2ccccc2)CC1O. The summed E-state index contributed by atoms with van der Waals surface area (Å²) in [7, 11) is 0. The summed E-state index contributed by atoms with van der Waals surface area (Å²) in [4.78, 5) is 13.5. The Bertz CT molecular complexity index is 472. The fourth-order valence-electron chi connectivity index (χ4n) is 1.96. The maximum Gasteiger partial charge on any atom is 0.298 e. The van der Waals surface area contributed by atoms with E-state index in [0.717, 1.165) is 12.0 Å². The first kappa shape index (κ1) is 12.7. The Morgan fingerprint density at radius 3 is 2.78 bits per heavy atom. The number of carbonyl (C=O) groups is 1. The molecule has 1 heterocycles. The van der Waals surface area contributed by atoms with Crippen LogP contribution in [0.2, 0.25) is 0 Å². The van der Waals surface area contributed by atoms with Crippen molar-refractivity contribution in [3.05, 3.63) is 35.9 Å². The van der Waals surface area contributed by atoms with E-state index in [9.17, 15) is 9.90 Å². The number of benzene rings is 1. The zero-order valence-corrected chi connectivity index (χ0v) is 10.5. The van der Waals surface area contributed by atoms with Crippen molar-refractivity contribution in [1.29, 1.82) is 0 Å². The van der Waals surface area contributed by atoms with Crippen LogP contribution in [0.15, 0.2) is 30.3 Å². The quantitative estimate of drug-likeness (QED) is 0.697. The number of hydrogen-bond donors (Lipinski definition) is 1. The van der Waals surface area contributed by atoms with Crippen LogP contribution >= 0.6 is 0 Å². The number of aliphatic hydroxyl groups is 1. The molecule has 1 N–H and O–H groups in total. The van der Waals surface area contributed by atoms with Gasteiger partial charge in [-0.3, -0.25) is 4.79 Å². The maximum atomic E-state index is 11.9. The second-order valence-corrected chi connectivity index (χ2v) is 4.70. The largest absolute Gasteiger partial charge is 0.391 e.